The van der Waals surface area contributed by atoms with Crippen molar-refractivity contribution in [2.45, 2.75) is 30.3 Å². The van der Waals surface area contributed by atoms with Crippen molar-refractivity contribution in [2.75, 3.05) is 0 Å². The Kier molecular flexibility index (Phi) is 4.50. The van der Waals surface area contributed by atoms with E-state index in [0.717, 1.165) is 5.69 Å². The van der Waals surface area contributed by atoms with Crippen LogP contribution in [0, 0.1) is 12.7 Å². The highest BCUT2D eigenvalue weighted by atomic mass is 32.2. The van der Waals surface area contributed by atoms with Gasteiger partial charge >= 0.3 is 0 Å². The molecule has 2 rings (SSSR count). The van der Waals surface area contributed by atoms with E-state index in [2.05, 4.69) is 9.97 Å². The molecule has 0 aliphatic carbocycles. The minimum Gasteiger partial charge on any atom is -0.327 e. The largest absolute Gasteiger partial charge is 0.327 e. The van der Waals surface area contributed by atoms with Crippen LogP contribution in [-0.2, 0) is 0 Å². The maximum absolute atomic E-state index is 13.9. The molecule has 100 valence electrons. The highest BCUT2D eigenvalue weighted by Crippen LogP contribution is 2.36. The third-order valence-corrected chi connectivity index (χ3v) is 4.04. The molecule has 2 N–H and O–H groups in total. The van der Waals surface area contributed by atoms with Gasteiger partial charge in [-0.05, 0) is 26.0 Å². The van der Waals surface area contributed by atoms with Gasteiger partial charge in [-0.25, -0.2) is 14.4 Å². The van der Waals surface area contributed by atoms with E-state index in [1.807, 2.05) is 26.0 Å². The van der Waals surface area contributed by atoms with Gasteiger partial charge in [0.2, 0.25) is 0 Å². The molecule has 0 bridgehead atoms. The molecule has 3 nitrogen and oxygen atoms in total. The lowest BCUT2D eigenvalue weighted by Gasteiger charge is -2.20. The first kappa shape index (κ1) is 14.0. The Morgan fingerprint density at radius 1 is 1.26 bits per heavy atom. The van der Waals surface area contributed by atoms with Crippen molar-refractivity contribution in [2.24, 2.45) is 5.73 Å². The van der Waals surface area contributed by atoms with Gasteiger partial charge in [0, 0.05) is 23.5 Å². The summed E-state index contributed by atoms with van der Waals surface area (Å²) in [5.74, 6) is -0.245. The summed E-state index contributed by atoms with van der Waals surface area (Å²) in [7, 11) is 0. The van der Waals surface area contributed by atoms with Crippen LogP contribution in [0.2, 0.25) is 0 Å². The molecule has 19 heavy (non-hydrogen) atoms. The molecule has 1 heterocycles. The van der Waals surface area contributed by atoms with Crippen molar-refractivity contribution in [3.05, 3.63) is 53.6 Å². The van der Waals surface area contributed by atoms with E-state index in [1.165, 1.54) is 17.8 Å². The first-order chi connectivity index (χ1) is 9.08. The van der Waals surface area contributed by atoms with Crippen molar-refractivity contribution >= 4 is 11.8 Å². The van der Waals surface area contributed by atoms with Gasteiger partial charge in [-0.2, -0.15) is 0 Å². The van der Waals surface area contributed by atoms with Gasteiger partial charge in [0.15, 0.2) is 5.16 Å². The van der Waals surface area contributed by atoms with E-state index < -0.39 is 0 Å². The lowest BCUT2D eigenvalue weighted by atomic mass is 10.1. The van der Waals surface area contributed by atoms with Gasteiger partial charge in [-0.3, -0.25) is 0 Å². The Bertz CT molecular complexity index is 560. The molecular weight excluding hydrogens is 261 g/mol. The fourth-order valence-corrected chi connectivity index (χ4v) is 2.83. The predicted octanol–water partition coefficient (Wildman–Crippen LogP) is 3.10. The van der Waals surface area contributed by atoms with Crippen LogP contribution in [0.25, 0.3) is 0 Å². The van der Waals surface area contributed by atoms with Gasteiger partial charge in [-0.1, -0.05) is 30.0 Å². The highest BCUT2D eigenvalue weighted by Gasteiger charge is 2.22. The number of thioether (sulfide) groups is 1. The van der Waals surface area contributed by atoms with Crippen LogP contribution in [0.3, 0.4) is 0 Å². The van der Waals surface area contributed by atoms with Crippen molar-refractivity contribution in [1.82, 2.24) is 9.97 Å². The molecule has 2 unspecified atom stereocenters. The maximum atomic E-state index is 13.9. The van der Waals surface area contributed by atoms with Crippen molar-refractivity contribution in [3.8, 4) is 0 Å². The van der Waals surface area contributed by atoms with Crippen LogP contribution in [0.15, 0.2) is 41.7 Å². The third kappa shape index (κ3) is 3.52. The topological polar surface area (TPSA) is 51.8 Å². The number of benzene rings is 1. The number of aryl methyl sites for hydroxylation is 1. The minimum absolute atomic E-state index is 0.203. The molecule has 0 spiro atoms. The standard InChI is InChI=1S/C14H16FN3S/c1-9-7-8-17-14(18-9)19-13(10(2)16)11-5-3-4-6-12(11)15/h3-8,10,13H,16H2,1-2H3. The second kappa shape index (κ2) is 6.12. The van der Waals surface area contributed by atoms with E-state index >= 15 is 0 Å². The van der Waals surface area contributed by atoms with E-state index in [9.17, 15) is 4.39 Å². The summed E-state index contributed by atoms with van der Waals surface area (Å²) in [5, 5.41) is 0.411. The van der Waals surface area contributed by atoms with Gasteiger partial charge in [0.1, 0.15) is 5.82 Å². The Balaban J connectivity index is 2.29. The number of hydrogen-bond donors (Lipinski definition) is 1. The third-order valence-electron chi connectivity index (χ3n) is 2.69. The Labute approximate surface area is 116 Å². The molecule has 0 amide bonds. The molecule has 2 aromatic rings. The minimum atomic E-state index is -0.245. The van der Waals surface area contributed by atoms with Gasteiger partial charge in [-0.15, -0.1) is 0 Å². The van der Waals surface area contributed by atoms with E-state index in [4.69, 9.17) is 5.73 Å². The molecule has 0 saturated carbocycles. The quantitative estimate of drug-likeness (QED) is 0.689. The van der Waals surface area contributed by atoms with Gasteiger partial charge < -0.3 is 5.73 Å². The smallest absolute Gasteiger partial charge is 0.188 e. The van der Waals surface area contributed by atoms with E-state index in [1.54, 1.807) is 18.3 Å². The number of aromatic nitrogens is 2. The zero-order valence-corrected chi connectivity index (χ0v) is 11.7. The Morgan fingerprint density at radius 2 is 2.00 bits per heavy atom. The molecule has 0 radical (unpaired) electrons. The number of halogens is 1. The Morgan fingerprint density at radius 3 is 2.63 bits per heavy atom. The number of hydrogen-bond acceptors (Lipinski definition) is 4. The molecule has 1 aromatic heterocycles. The molecule has 5 heteroatoms. The lowest BCUT2D eigenvalue weighted by molar-refractivity contribution is 0.591. The van der Waals surface area contributed by atoms with E-state index in [0.29, 0.717) is 10.7 Å². The summed E-state index contributed by atoms with van der Waals surface area (Å²) < 4.78 is 13.9. The van der Waals surface area contributed by atoms with Crippen molar-refractivity contribution in [3.63, 3.8) is 0 Å². The van der Waals surface area contributed by atoms with Crippen molar-refractivity contribution in [1.29, 1.82) is 0 Å². The lowest BCUT2D eigenvalue weighted by Crippen LogP contribution is -2.23. The summed E-state index contributed by atoms with van der Waals surface area (Å²) in [5.41, 5.74) is 7.45. The molecular formula is C14H16FN3S. The zero-order chi connectivity index (χ0) is 13.8. The molecule has 0 aliphatic heterocycles. The summed E-state index contributed by atoms with van der Waals surface area (Å²) in [6.07, 6.45) is 1.70. The first-order valence-corrected chi connectivity index (χ1v) is 6.92. The molecule has 0 fully saturated rings. The summed E-state index contributed by atoms with van der Waals surface area (Å²) in [4.78, 5) is 8.52. The second-order valence-corrected chi connectivity index (χ2v) is 5.51. The van der Waals surface area contributed by atoms with Crippen LogP contribution >= 0.6 is 11.8 Å². The predicted molar refractivity (Wildman–Crippen MR) is 75.4 cm³/mol. The average molecular weight is 277 g/mol. The summed E-state index contributed by atoms with van der Waals surface area (Å²) in [6, 6.07) is 8.31. The van der Waals surface area contributed by atoms with Crippen molar-refractivity contribution < 1.29 is 4.39 Å². The van der Waals surface area contributed by atoms with Crippen LogP contribution in [0.4, 0.5) is 4.39 Å². The SMILES string of the molecule is Cc1ccnc(SC(c2ccccc2F)C(C)N)n1. The fourth-order valence-electron chi connectivity index (χ4n) is 1.76. The van der Waals surface area contributed by atoms with Crippen LogP contribution < -0.4 is 5.73 Å². The number of nitrogens with two attached hydrogens (primary N) is 1. The summed E-state index contributed by atoms with van der Waals surface area (Å²) in [6.45, 7) is 3.76. The van der Waals surface area contributed by atoms with Gasteiger partial charge in [0.05, 0.1) is 5.25 Å². The molecule has 0 aliphatic rings. The van der Waals surface area contributed by atoms with E-state index in [-0.39, 0.29) is 17.1 Å². The summed E-state index contributed by atoms with van der Waals surface area (Å²) >= 11 is 1.39. The number of rotatable bonds is 4. The highest BCUT2D eigenvalue weighted by molar-refractivity contribution is 7.99. The van der Waals surface area contributed by atoms with Crippen LogP contribution in [-0.4, -0.2) is 16.0 Å². The fraction of sp³-hybridized carbons (Fsp3) is 0.286. The van der Waals surface area contributed by atoms with Gasteiger partial charge in [0.25, 0.3) is 0 Å². The van der Waals surface area contributed by atoms with Crippen LogP contribution in [0.5, 0.6) is 0 Å². The second-order valence-electron chi connectivity index (χ2n) is 4.40. The average Bonchev–Trinajstić information content (AvgIpc) is 2.37. The maximum Gasteiger partial charge on any atom is 0.188 e. The molecule has 1 aromatic carbocycles. The first-order valence-electron chi connectivity index (χ1n) is 6.04. The normalized spacial score (nSPS) is 14.1. The zero-order valence-electron chi connectivity index (χ0n) is 10.9. The molecule has 2 atom stereocenters. The molecule has 0 saturated heterocycles. The number of nitrogens with zero attached hydrogens (tertiary/aromatic N) is 2. The Hall–Kier alpha value is -1.46. The van der Waals surface area contributed by atoms with Crippen LogP contribution in [0.1, 0.15) is 23.4 Å². The monoisotopic (exact) mass is 277 g/mol.